The van der Waals surface area contributed by atoms with Gasteiger partial charge in [-0.1, -0.05) is 35.0 Å². The third kappa shape index (κ3) is 4.71. The molecule has 1 aromatic heterocycles. The molecule has 2 N–H and O–H groups in total. The van der Waals surface area contributed by atoms with Crippen LogP contribution in [0.3, 0.4) is 0 Å². The van der Waals surface area contributed by atoms with Crippen LogP contribution < -0.4 is 15.5 Å². The number of hydrogen-bond donors (Lipinski definition) is 2. The molecule has 1 amide bonds. The van der Waals surface area contributed by atoms with Crippen LogP contribution in [-0.4, -0.2) is 27.4 Å². The van der Waals surface area contributed by atoms with Crippen molar-refractivity contribution in [2.24, 2.45) is 0 Å². The maximum absolute atomic E-state index is 11.6. The smallest absolute Gasteiger partial charge is 0.232 e. The highest BCUT2D eigenvalue weighted by molar-refractivity contribution is 9.10. The van der Waals surface area contributed by atoms with E-state index in [2.05, 4.69) is 64.6 Å². The summed E-state index contributed by atoms with van der Waals surface area (Å²) in [5.41, 5.74) is 4.17. The van der Waals surface area contributed by atoms with E-state index < -0.39 is 0 Å². The van der Waals surface area contributed by atoms with Crippen molar-refractivity contribution >= 4 is 45.1 Å². The predicted molar refractivity (Wildman–Crippen MR) is 117 cm³/mol. The summed E-state index contributed by atoms with van der Waals surface area (Å²) < 4.78 is 1.11. The maximum atomic E-state index is 11.6. The molecule has 1 aliphatic rings. The first-order valence-electron chi connectivity index (χ1n) is 9.49. The normalized spacial score (nSPS) is 13.0. The van der Waals surface area contributed by atoms with Crippen molar-refractivity contribution < 1.29 is 4.79 Å². The van der Waals surface area contributed by atoms with Crippen molar-refractivity contribution in [1.82, 2.24) is 15.0 Å². The lowest BCUT2D eigenvalue weighted by atomic mass is 10.0. The van der Waals surface area contributed by atoms with Gasteiger partial charge in [0.1, 0.15) is 6.33 Å². The fourth-order valence-corrected chi connectivity index (χ4v) is 3.65. The molecule has 0 saturated heterocycles. The third-order valence-electron chi connectivity index (χ3n) is 4.75. The highest BCUT2D eigenvalue weighted by Crippen LogP contribution is 2.25. The number of carbonyl (C=O) groups excluding carboxylic acids is 1. The van der Waals surface area contributed by atoms with Crippen LogP contribution in [0.15, 0.2) is 53.3 Å². The van der Waals surface area contributed by atoms with E-state index in [1.54, 1.807) is 0 Å². The molecule has 0 unspecified atom stereocenters. The fraction of sp³-hybridized carbons (Fsp3) is 0.238. The zero-order chi connectivity index (χ0) is 20.2. The largest absolute Gasteiger partial charge is 0.336 e. The lowest BCUT2D eigenvalue weighted by Crippen LogP contribution is -2.32. The zero-order valence-corrected chi connectivity index (χ0v) is 17.6. The standard InChI is InChI=1S/C21H21BrN6O/c1-2-19(29)25-17-4-3-5-18(11-17)26-20-23-13-24-21(27-20)28-9-8-14-10-16(22)7-6-15(14)12-28/h3-7,10-11,13H,2,8-9,12H2,1H3,(H,25,29)(H,23,24,26,27). The van der Waals surface area contributed by atoms with E-state index in [9.17, 15) is 4.79 Å². The van der Waals surface area contributed by atoms with Gasteiger partial charge in [-0.2, -0.15) is 4.98 Å². The monoisotopic (exact) mass is 452 g/mol. The summed E-state index contributed by atoms with van der Waals surface area (Å²) in [6.45, 7) is 3.44. The Kier molecular flexibility index (Phi) is 5.71. The van der Waals surface area contributed by atoms with E-state index in [0.717, 1.165) is 35.4 Å². The molecule has 0 aliphatic carbocycles. The number of nitrogens with zero attached hydrogens (tertiary/aromatic N) is 4. The second-order valence-corrected chi connectivity index (χ2v) is 7.72. The van der Waals surface area contributed by atoms with E-state index in [0.29, 0.717) is 18.3 Å². The molecule has 0 fully saturated rings. The summed E-state index contributed by atoms with van der Waals surface area (Å²) >= 11 is 3.54. The number of rotatable bonds is 5. The summed E-state index contributed by atoms with van der Waals surface area (Å²) in [5.74, 6) is 1.09. The van der Waals surface area contributed by atoms with Crippen LogP contribution in [0.5, 0.6) is 0 Å². The summed E-state index contributed by atoms with van der Waals surface area (Å²) in [5, 5.41) is 6.05. The van der Waals surface area contributed by atoms with Crippen LogP contribution in [0.25, 0.3) is 0 Å². The molecule has 1 aliphatic heterocycles. The molecule has 0 bridgehead atoms. The first-order chi connectivity index (χ1) is 14.1. The number of carbonyl (C=O) groups is 1. The second kappa shape index (κ2) is 8.57. The molecule has 148 valence electrons. The fourth-order valence-electron chi connectivity index (χ4n) is 3.25. The number of nitrogens with one attached hydrogen (secondary N) is 2. The van der Waals surface area contributed by atoms with Crippen LogP contribution in [0, 0.1) is 0 Å². The molecule has 3 aromatic rings. The number of fused-ring (bicyclic) bond motifs is 1. The molecular formula is C21H21BrN6O. The van der Waals surface area contributed by atoms with E-state index in [-0.39, 0.29) is 5.91 Å². The predicted octanol–water partition coefficient (Wildman–Crippen LogP) is 4.29. The lowest BCUT2D eigenvalue weighted by Gasteiger charge is -2.29. The van der Waals surface area contributed by atoms with Crippen LogP contribution in [0.2, 0.25) is 0 Å². The quantitative estimate of drug-likeness (QED) is 0.600. The van der Waals surface area contributed by atoms with Crippen molar-refractivity contribution in [2.45, 2.75) is 26.3 Å². The Morgan fingerprint density at radius 3 is 2.86 bits per heavy atom. The Balaban J connectivity index is 1.49. The molecule has 0 saturated carbocycles. The molecule has 2 aromatic carbocycles. The van der Waals surface area contributed by atoms with Crippen molar-refractivity contribution in [2.75, 3.05) is 22.1 Å². The summed E-state index contributed by atoms with van der Waals surface area (Å²) in [6.07, 6.45) is 2.90. The van der Waals surface area contributed by atoms with Crippen LogP contribution in [0.4, 0.5) is 23.3 Å². The molecule has 0 radical (unpaired) electrons. The first kappa shape index (κ1) is 19.3. The van der Waals surface area contributed by atoms with Gasteiger partial charge in [-0.3, -0.25) is 4.79 Å². The van der Waals surface area contributed by atoms with Gasteiger partial charge < -0.3 is 15.5 Å². The zero-order valence-electron chi connectivity index (χ0n) is 16.0. The van der Waals surface area contributed by atoms with Gasteiger partial charge in [0.15, 0.2) is 0 Å². The summed E-state index contributed by atoms with van der Waals surface area (Å²) in [7, 11) is 0. The van der Waals surface area contributed by atoms with Gasteiger partial charge in [0.25, 0.3) is 0 Å². The summed E-state index contributed by atoms with van der Waals surface area (Å²) in [6, 6.07) is 13.9. The van der Waals surface area contributed by atoms with Gasteiger partial charge in [0.2, 0.25) is 17.8 Å². The average molecular weight is 453 g/mol. The highest BCUT2D eigenvalue weighted by Gasteiger charge is 2.19. The molecular weight excluding hydrogens is 432 g/mol. The van der Waals surface area contributed by atoms with E-state index in [1.807, 2.05) is 31.2 Å². The Labute approximate surface area is 177 Å². The highest BCUT2D eigenvalue weighted by atomic mass is 79.9. The Morgan fingerprint density at radius 1 is 1.14 bits per heavy atom. The second-order valence-electron chi connectivity index (χ2n) is 6.80. The maximum Gasteiger partial charge on any atom is 0.232 e. The van der Waals surface area contributed by atoms with Crippen LogP contribution in [-0.2, 0) is 17.8 Å². The van der Waals surface area contributed by atoms with E-state index in [1.165, 1.54) is 17.5 Å². The first-order valence-corrected chi connectivity index (χ1v) is 10.3. The molecule has 0 atom stereocenters. The van der Waals surface area contributed by atoms with Gasteiger partial charge in [-0.25, -0.2) is 9.97 Å². The number of amides is 1. The number of benzene rings is 2. The summed E-state index contributed by atoms with van der Waals surface area (Å²) in [4.78, 5) is 26.9. The minimum atomic E-state index is -0.0259. The van der Waals surface area contributed by atoms with Gasteiger partial charge >= 0.3 is 0 Å². The van der Waals surface area contributed by atoms with Crippen molar-refractivity contribution in [3.63, 3.8) is 0 Å². The van der Waals surface area contributed by atoms with Crippen LogP contribution in [0.1, 0.15) is 24.5 Å². The van der Waals surface area contributed by atoms with Crippen molar-refractivity contribution in [1.29, 1.82) is 0 Å². The molecule has 2 heterocycles. The van der Waals surface area contributed by atoms with Gasteiger partial charge in [-0.05, 0) is 47.9 Å². The van der Waals surface area contributed by atoms with E-state index >= 15 is 0 Å². The van der Waals surface area contributed by atoms with Gasteiger partial charge in [-0.15, -0.1) is 0 Å². The molecule has 7 nitrogen and oxygen atoms in total. The number of hydrogen-bond acceptors (Lipinski definition) is 6. The van der Waals surface area contributed by atoms with Crippen molar-refractivity contribution in [3.8, 4) is 0 Å². The molecule has 0 spiro atoms. The third-order valence-corrected chi connectivity index (χ3v) is 5.24. The number of aromatic nitrogens is 3. The topological polar surface area (TPSA) is 83.0 Å². The molecule has 4 rings (SSSR count). The minimum Gasteiger partial charge on any atom is -0.336 e. The number of anilines is 4. The van der Waals surface area contributed by atoms with Gasteiger partial charge in [0.05, 0.1) is 0 Å². The minimum absolute atomic E-state index is 0.0259. The molecule has 29 heavy (non-hydrogen) atoms. The molecule has 8 heteroatoms. The Hall–Kier alpha value is -3.00. The van der Waals surface area contributed by atoms with Crippen molar-refractivity contribution in [3.05, 3.63) is 64.4 Å². The Bertz CT molecular complexity index is 1040. The SMILES string of the molecule is CCC(=O)Nc1cccc(Nc2ncnc(N3CCc4cc(Br)ccc4C3)n2)c1. The van der Waals surface area contributed by atoms with Gasteiger partial charge in [0, 0.05) is 35.4 Å². The number of halogens is 1. The van der Waals surface area contributed by atoms with Crippen LogP contribution >= 0.6 is 15.9 Å². The van der Waals surface area contributed by atoms with E-state index in [4.69, 9.17) is 0 Å². The Morgan fingerprint density at radius 2 is 2.00 bits per heavy atom. The average Bonchev–Trinajstić information content (AvgIpc) is 2.73. The lowest BCUT2D eigenvalue weighted by molar-refractivity contribution is -0.115.